The summed E-state index contributed by atoms with van der Waals surface area (Å²) in [4.78, 5) is 0. The first-order chi connectivity index (χ1) is 5.74. The molecule has 3 nitrogen and oxygen atoms in total. The van der Waals surface area contributed by atoms with Gasteiger partial charge in [-0.3, -0.25) is 0 Å². The smallest absolute Gasteiger partial charge is 0.0615 e. The van der Waals surface area contributed by atoms with E-state index < -0.39 is 0 Å². The third kappa shape index (κ3) is 2.00. The predicted molar refractivity (Wildman–Crippen MR) is 51.4 cm³/mol. The molecule has 0 bridgehead atoms. The second-order valence-electron chi connectivity index (χ2n) is 2.47. The molecule has 5 N–H and O–H groups in total. The van der Waals surface area contributed by atoms with Crippen molar-refractivity contribution in [1.82, 2.24) is 0 Å². The maximum atomic E-state index is 8.51. The number of rotatable bonds is 2. The van der Waals surface area contributed by atoms with Gasteiger partial charge in [0.05, 0.1) is 18.0 Å². The van der Waals surface area contributed by atoms with Crippen LogP contribution in [0.1, 0.15) is 5.56 Å². The summed E-state index contributed by atoms with van der Waals surface area (Å²) in [6, 6.07) is 5.35. The number of hydrogen-bond acceptors (Lipinski definition) is 3. The number of aliphatic hydroxyl groups is 1. The maximum absolute atomic E-state index is 8.51. The van der Waals surface area contributed by atoms with Crippen molar-refractivity contribution < 1.29 is 5.11 Å². The molecule has 0 aliphatic heterocycles. The van der Waals surface area contributed by atoms with Crippen LogP contribution in [0.2, 0.25) is 0 Å². The van der Waals surface area contributed by atoms with E-state index in [1.807, 2.05) is 6.07 Å². The summed E-state index contributed by atoms with van der Waals surface area (Å²) in [5.41, 5.74) is 13.2. The number of nitrogens with two attached hydrogens (primary N) is 2. The van der Waals surface area contributed by atoms with Gasteiger partial charge >= 0.3 is 0 Å². The number of nitrogen functional groups attached to an aromatic ring is 2. The summed E-state index contributed by atoms with van der Waals surface area (Å²) in [6.45, 7) is 0.0320. The molecule has 0 radical (unpaired) electrons. The average Bonchev–Trinajstić information content (AvgIpc) is 2.07. The molecule has 0 saturated carbocycles. The molecule has 64 valence electrons. The van der Waals surface area contributed by atoms with Crippen molar-refractivity contribution >= 4 is 17.5 Å². The quantitative estimate of drug-likeness (QED) is 0.567. The maximum Gasteiger partial charge on any atom is 0.0615 e. The molecule has 1 aromatic rings. The van der Waals surface area contributed by atoms with Gasteiger partial charge < -0.3 is 16.6 Å². The van der Waals surface area contributed by atoms with Gasteiger partial charge in [0.15, 0.2) is 0 Å². The van der Waals surface area contributed by atoms with Gasteiger partial charge in [-0.2, -0.15) is 0 Å². The van der Waals surface area contributed by atoms with E-state index in [2.05, 4.69) is 0 Å². The van der Waals surface area contributed by atoms with E-state index in [1.54, 1.807) is 24.3 Å². The number of anilines is 2. The Kier molecular flexibility index (Phi) is 2.71. The molecule has 3 heteroatoms. The van der Waals surface area contributed by atoms with Gasteiger partial charge in [-0.05, 0) is 17.7 Å². The normalized spacial score (nSPS) is 10.8. The molecule has 0 saturated heterocycles. The first-order valence-electron chi connectivity index (χ1n) is 3.66. The van der Waals surface area contributed by atoms with E-state index >= 15 is 0 Å². The van der Waals surface area contributed by atoms with Crippen LogP contribution in [0.25, 0.3) is 6.08 Å². The van der Waals surface area contributed by atoms with Crippen LogP contribution in [-0.2, 0) is 0 Å². The number of benzene rings is 1. The van der Waals surface area contributed by atoms with E-state index in [4.69, 9.17) is 16.6 Å². The van der Waals surface area contributed by atoms with Gasteiger partial charge in [0.2, 0.25) is 0 Å². The van der Waals surface area contributed by atoms with Gasteiger partial charge in [-0.25, -0.2) is 0 Å². The van der Waals surface area contributed by atoms with Crippen molar-refractivity contribution in [2.45, 2.75) is 0 Å². The minimum atomic E-state index is 0.0320. The van der Waals surface area contributed by atoms with Crippen LogP contribution in [0.3, 0.4) is 0 Å². The summed E-state index contributed by atoms with van der Waals surface area (Å²) in [5.74, 6) is 0. The largest absolute Gasteiger partial charge is 0.397 e. The van der Waals surface area contributed by atoms with E-state index in [9.17, 15) is 0 Å². The minimum absolute atomic E-state index is 0.0320. The van der Waals surface area contributed by atoms with Gasteiger partial charge in [-0.1, -0.05) is 18.2 Å². The second kappa shape index (κ2) is 3.78. The highest BCUT2D eigenvalue weighted by molar-refractivity contribution is 5.68. The summed E-state index contributed by atoms with van der Waals surface area (Å²) in [6.07, 6.45) is 3.43. The topological polar surface area (TPSA) is 72.3 Å². The van der Waals surface area contributed by atoms with Gasteiger partial charge in [0, 0.05) is 0 Å². The Morgan fingerprint density at radius 1 is 1.25 bits per heavy atom. The first-order valence-corrected chi connectivity index (χ1v) is 3.66. The molecule has 0 amide bonds. The van der Waals surface area contributed by atoms with Crippen LogP contribution in [0.5, 0.6) is 0 Å². The average molecular weight is 164 g/mol. The summed E-state index contributed by atoms with van der Waals surface area (Å²) in [7, 11) is 0. The van der Waals surface area contributed by atoms with E-state index in [0.29, 0.717) is 11.4 Å². The van der Waals surface area contributed by atoms with E-state index in [0.717, 1.165) is 5.56 Å². The fourth-order valence-electron chi connectivity index (χ4n) is 0.886. The monoisotopic (exact) mass is 164 g/mol. The van der Waals surface area contributed by atoms with Gasteiger partial charge in [-0.15, -0.1) is 0 Å². The molecule has 0 aliphatic carbocycles. The number of hydrogen-bond donors (Lipinski definition) is 3. The lowest BCUT2D eigenvalue weighted by Gasteiger charge is -1.99. The van der Waals surface area contributed by atoms with Crippen LogP contribution in [0.15, 0.2) is 24.3 Å². The molecule has 0 fully saturated rings. The lowest BCUT2D eigenvalue weighted by molar-refractivity contribution is 0.343. The minimum Gasteiger partial charge on any atom is -0.397 e. The van der Waals surface area contributed by atoms with Gasteiger partial charge in [0.1, 0.15) is 0 Å². The molecule has 0 heterocycles. The molecular weight excluding hydrogens is 152 g/mol. The molecule has 12 heavy (non-hydrogen) atoms. The van der Waals surface area contributed by atoms with Gasteiger partial charge in [0.25, 0.3) is 0 Å². The van der Waals surface area contributed by atoms with Crippen molar-refractivity contribution in [1.29, 1.82) is 0 Å². The zero-order valence-corrected chi connectivity index (χ0v) is 6.70. The SMILES string of the molecule is Nc1ccc(C=CCO)cc1N. The fraction of sp³-hybridized carbons (Fsp3) is 0.111. The Morgan fingerprint density at radius 2 is 2.00 bits per heavy atom. The Hall–Kier alpha value is -1.48. The lowest BCUT2D eigenvalue weighted by Crippen LogP contribution is -1.93. The van der Waals surface area contributed by atoms with E-state index in [-0.39, 0.29) is 6.61 Å². The molecule has 0 aliphatic rings. The first kappa shape index (κ1) is 8.62. The zero-order chi connectivity index (χ0) is 8.97. The van der Waals surface area contributed by atoms with Crippen LogP contribution < -0.4 is 11.5 Å². The third-order valence-electron chi connectivity index (χ3n) is 1.53. The standard InChI is InChI=1S/C9H12N2O/c10-8-4-3-7(2-1-5-12)6-9(8)11/h1-4,6,12H,5,10-11H2. The van der Waals surface area contributed by atoms with Crippen LogP contribution in [0.4, 0.5) is 11.4 Å². The highest BCUT2D eigenvalue weighted by Gasteiger charge is 1.92. The Bertz CT molecular complexity index is 295. The Morgan fingerprint density at radius 3 is 2.58 bits per heavy atom. The Labute approximate surface area is 71.3 Å². The Balaban J connectivity index is 2.89. The highest BCUT2D eigenvalue weighted by Crippen LogP contribution is 2.16. The molecule has 1 aromatic carbocycles. The molecular formula is C9H12N2O. The second-order valence-corrected chi connectivity index (χ2v) is 2.47. The molecule has 0 atom stereocenters. The van der Waals surface area contributed by atoms with Crippen LogP contribution in [-0.4, -0.2) is 11.7 Å². The van der Waals surface area contributed by atoms with Crippen molar-refractivity contribution in [2.24, 2.45) is 0 Å². The molecule has 0 spiro atoms. The van der Waals surface area contributed by atoms with E-state index in [1.165, 1.54) is 0 Å². The molecule has 1 rings (SSSR count). The van der Waals surface area contributed by atoms with Crippen molar-refractivity contribution in [3.05, 3.63) is 29.8 Å². The van der Waals surface area contributed by atoms with Crippen molar-refractivity contribution in [2.75, 3.05) is 18.1 Å². The molecule has 0 unspecified atom stereocenters. The van der Waals surface area contributed by atoms with Crippen LogP contribution >= 0.6 is 0 Å². The molecule has 0 aromatic heterocycles. The summed E-state index contributed by atoms with van der Waals surface area (Å²) >= 11 is 0. The van der Waals surface area contributed by atoms with Crippen molar-refractivity contribution in [3.8, 4) is 0 Å². The summed E-state index contributed by atoms with van der Waals surface area (Å²) in [5, 5.41) is 8.51. The third-order valence-corrected chi connectivity index (χ3v) is 1.53. The fourth-order valence-corrected chi connectivity index (χ4v) is 0.886. The zero-order valence-electron chi connectivity index (χ0n) is 6.70. The highest BCUT2D eigenvalue weighted by atomic mass is 16.2. The van der Waals surface area contributed by atoms with Crippen LogP contribution in [0, 0.1) is 0 Å². The number of aliphatic hydroxyl groups excluding tert-OH is 1. The van der Waals surface area contributed by atoms with Crippen molar-refractivity contribution in [3.63, 3.8) is 0 Å². The predicted octanol–water partition coefficient (Wildman–Crippen LogP) is 0.857. The summed E-state index contributed by atoms with van der Waals surface area (Å²) < 4.78 is 0. The lowest BCUT2D eigenvalue weighted by atomic mass is 10.1.